The summed E-state index contributed by atoms with van der Waals surface area (Å²) in [4.78, 5) is 0. The highest BCUT2D eigenvalue weighted by Gasteiger charge is 2.22. The summed E-state index contributed by atoms with van der Waals surface area (Å²) in [6, 6.07) is 7.79. The summed E-state index contributed by atoms with van der Waals surface area (Å²) in [6.45, 7) is 6.10. The second kappa shape index (κ2) is 4.85. The van der Waals surface area contributed by atoms with E-state index in [1.807, 2.05) is 45.0 Å². The Morgan fingerprint density at radius 1 is 1.26 bits per heavy atom. The number of benzene rings is 2. The average molecular weight is 322 g/mol. The first kappa shape index (κ1) is 13.9. The number of hydrogen-bond donors (Lipinski definition) is 2. The summed E-state index contributed by atoms with van der Waals surface area (Å²) in [5.74, 6) is 0.157. The van der Waals surface area contributed by atoms with Crippen LogP contribution in [0, 0.1) is 0 Å². The molecule has 19 heavy (non-hydrogen) atoms. The van der Waals surface area contributed by atoms with Crippen molar-refractivity contribution in [3.63, 3.8) is 0 Å². The van der Waals surface area contributed by atoms with Crippen LogP contribution in [0.5, 0.6) is 5.75 Å². The summed E-state index contributed by atoms with van der Waals surface area (Å²) in [7, 11) is 0. The number of aromatic hydroxyl groups is 1. The third-order valence-corrected chi connectivity index (χ3v) is 3.78. The zero-order chi connectivity index (χ0) is 14.2. The van der Waals surface area contributed by atoms with Crippen molar-refractivity contribution in [2.75, 3.05) is 0 Å². The topological polar surface area (TPSA) is 52.8 Å². The minimum Gasteiger partial charge on any atom is -0.507 e. The Morgan fingerprint density at radius 3 is 2.53 bits per heavy atom. The molecule has 2 N–H and O–H groups in total. The highest BCUT2D eigenvalue weighted by atomic mass is 79.9. The summed E-state index contributed by atoms with van der Waals surface area (Å²) in [5.41, 5.74) is 1.16. The van der Waals surface area contributed by atoms with Gasteiger partial charge >= 0.3 is 0 Å². The molecule has 4 heteroatoms. The summed E-state index contributed by atoms with van der Waals surface area (Å²) >= 11 is 3.47. The lowest BCUT2D eigenvalue weighted by Gasteiger charge is -2.23. The number of phenols is 1. The fourth-order valence-corrected chi connectivity index (χ4v) is 2.78. The van der Waals surface area contributed by atoms with Gasteiger partial charge in [0, 0.05) is 21.0 Å². The molecule has 2 aromatic carbocycles. The Bertz CT molecular complexity index is 657. The maximum absolute atomic E-state index is 10.5. The van der Waals surface area contributed by atoms with Crippen LogP contribution in [0.15, 0.2) is 33.9 Å². The van der Waals surface area contributed by atoms with Crippen LogP contribution in [0.25, 0.3) is 10.8 Å². The molecule has 0 spiro atoms. The first-order valence-corrected chi connectivity index (χ1v) is 6.77. The van der Waals surface area contributed by atoms with Crippen molar-refractivity contribution in [2.45, 2.75) is 26.2 Å². The van der Waals surface area contributed by atoms with Gasteiger partial charge in [-0.1, -0.05) is 54.0 Å². The Kier molecular flexibility index (Phi) is 3.54. The minimum absolute atomic E-state index is 0.157. The third-order valence-electron chi connectivity index (χ3n) is 3.12. The maximum Gasteiger partial charge on any atom is 0.128 e. The molecule has 0 aliphatic carbocycles. The van der Waals surface area contributed by atoms with Crippen LogP contribution in [0.4, 0.5) is 0 Å². The average Bonchev–Trinajstić information content (AvgIpc) is 2.31. The monoisotopic (exact) mass is 321 g/mol. The second-order valence-corrected chi connectivity index (χ2v) is 6.37. The number of phenolic OH excluding ortho intramolecular Hbond substituents is 1. The van der Waals surface area contributed by atoms with Crippen molar-refractivity contribution in [3.8, 4) is 5.75 Å². The molecule has 0 saturated heterocycles. The van der Waals surface area contributed by atoms with Crippen molar-refractivity contribution in [3.05, 3.63) is 39.9 Å². The maximum atomic E-state index is 10.5. The molecule has 0 aromatic heterocycles. The van der Waals surface area contributed by atoms with Crippen LogP contribution in [-0.4, -0.2) is 16.5 Å². The minimum atomic E-state index is -0.196. The molecule has 0 fully saturated rings. The van der Waals surface area contributed by atoms with Crippen molar-refractivity contribution in [1.82, 2.24) is 0 Å². The lowest BCUT2D eigenvalue weighted by atomic mass is 9.83. The van der Waals surface area contributed by atoms with E-state index in [0.29, 0.717) is 5.56 Å². The standard InChI is InChI=1S/C15H16BrNO2/c1-15(2,3)11-7-9-5-4-6-12(16)13(9)10(8-17-19)14(11)18/h4-8,18-19H,1-3H3/b17-8+. The smallest absolute Gasteiger partial charge is 0.128 e. The molecule has 2 rings (SSSR count). The molecule has 3 nitrogen and oxygen atoms in total. The lowest BCUT2D eigenvalue weighted by Crippen LogP contribution is -2.12. The fraction of sp³-hybridized carbons (Fsp3) is 0.267. The van der Waals surface area contributed by atoms with E-state index in [0.717, 1.165) is 20.8 Å². The fourth-order valence-electron chi connectivity index (χ4n) is 2.19. The van der Waals surface area contributed by atoms with E-state index in [9.17, 15) is 5.11 Å². The van der Waals surface area contributed by atoms with Crippen molar-refractivity contribution >= 4 is 32.9 Å². The summed E-state index contributed by atoms with van der Waals surface area (Å²) in [6.07, 6.45) is 1.28. The zero-order valence-electron chi connectivity index (χ0n) is 11.1. The molecule has 0 heterocycles. The Morgan fingerprint density at radius 2 is 1.95 bits per heavy atom. The predicted molar refractivity (Wildman–Crippen MR) is 81.4 cm³/mol. The van der Waals surface area contributed by atoms with Gasteiger partial charge in [-0.15, -0.1) is 0 Å². The molecule has 0 aliphatic rings. The molecule has 2 aromatic rings. The Hall–Kier alpha value is -1.55. The van der Waals surface area contributed by atoms with Gasteiger partial charge in [0.15, 0.2) is 0 Å². The number of oxime groups is 1. The normalized spacial score (nSPS) is 12.4. The summed E-state index contributed by atoms with van der Waals surface area (Å²) in [5, 5.41) is 24.2. The van der Waals surface area contributed by atoms with Gasteiger partial charge in [-0.05, 0) is 22.9 Å². The molecule has 0 saturated carbocycles. The van der Waals surface area contributed by atoms with Crippen molar-refractivity contribution in [1.29, 1.82) is 0 Å². The number of nitrogens with zero attached hydrogens (tertiary/aromatic N) is 1. The predicted octanol–water partition coefficient (Wildman–Crippen LogP) is 4.41. The zero-order valence-corrected chi connectivity index (χ0v) is 12.7. The van der Waals surface area contributed by atoms with E-state index >= 15 is 0 Å². The molecule has 0 bridgehead atoms. The van der Waals surface area contributed by atoms with E-state index in [2.05, 4.69) is 21.1 Å². The molecule has 100 valence electrons. The largest absolute Gasteiger partial charge is 0.507 e. The van der Waals surface area contributed by atoms with Gasteiger partial charge in [0.25, 0.3) is 0 Å². The van der Waals surface area contributed by atoms with Gasteiger partial charge < -0.3 is 10.3 Å². The molecular formula is C15H16BrNO2. The van der Waals surface area contributed by atoms with Crippen LogP contribution in [-0.2, 0) is 5.41 Å². The van der Waals surface area contributed by atoms with E-state index in [-0.39, 0.29) is 11.2 Å². The van der Waals surface area contributed by atoms with E-state index in [1.165, 1.54) is 6.21 Å². The molecule has 0 radical (unpaired) electrons. The number of fused-ring (bicyclic) bond motifs is 1. The first-order valence-electron chi connectivity index (χ1n) is 5.98. The van der Waals surface area contributed by atoms with Crippen LogP contribution in [0.1, 0.15) is 31.9 Å². The Labute approximate surface area is 120 Å². The molecule has 0 unspecified atom stereocenters. The highest BCUT2D eigenvalue weighted by Crippen LogP contribution is 2.39. The highest BCUT2D eigenvalue weighted by molar-refractivity contribution is 9.10. The number of halogens is 1. The van der Waals surface area contributed by atoms with Gasteiger partial charge in [0.1, 0.15) is 5.75 Å². The first-order chi connectivity index (χ1) is 8.86. The van der Waals surface area contributed by atoms with Crippen LogP contribution in [0.2, 0.25) is 0 Å². The van der Waals surface area contributed by atoms with Crippen molar-refractivity contribution < 1.29 is 10.3 Å². The molecular weight excluding hydrogens is 306 g/mol. The summed E-state index contributed by atoms with van der Waals surface area (Å²) < 4.78 is 0.857. The van der Waals surface area contributed by atoms with E-state index < -0.39 is 0 Å². The second-order valence-electron chi connectivity index (χ2n) is 5.52. The van der Waals surface area contributed by atoms with Gasteiger partial charge in [0.2, 0.25) is 0 Å². The lowest BCUT2D eigenvalue weighted by molar-refractivity contribution is 0.321. The van der Waals surface area contributed by atoms with Gasteiger partial charge in [-0.2, -0.15) is 0 Å². The van der Waals surface area contributed by atoms with Crippen molar-refractivity contribution in [2.24, 2.45) is 5.16 Å². The SMILES string of the molecule is CC(C)(C)c1cc2cccc(Br)c2c(/C=N/O)c1O. The van der Waals surface area contributed by atoms with Gasteiger partial charge in [-0.25, -0.2) is 0 Å². The molecule has 0 amide bonds. The van der Waals surface area contributed by atoms with E-state index in [1.54, 1.807) is 0 Å². The molecule has 0 aliphatic heterocycles. The third kappa shape index (κ3) is 2.45. The van der Waals surface area contributed by atoms with Crippen LogP contribution in [0.3, 0.4) is 0 Å². The van der Waals surface area contributed by atoms with Crippen LogP contribution >= 0.6 is 15.9 Å². The van der Waals surface area contributed by atoms with Gasteiger partial charge in [0.05, 0.1) is 6.21 Å². The van der Waals surface area contributed by atoms with E-state index in [4.69, 9.17) is 5.21 Å². The quantitative estimate of drug-likeness (QED) is 0.464. The Balaban J connectivity index is 2.95. The van der Waals surface area contributed by atoms with Gasteiger partial charge in [-0.3, -0.25) is 0 Å². The van der Waals surface area contributed by atoms with Crippen LogP contribution < -0.4 is 0 Å². The number of rotatable bonds is 1. The number of hydrogen-bond acceptors (Lipinski definition) is 3. The molecule has 0 atom stereocenters.